The van der Waals surface area contributed by atoms with Crippen LogP contribution in [-0.4, -0.2) is 83.4 Å². The van der Waals surface area contributed by atoms with Crippen molar-refractivity contribution in [1.29, 1.82) is 0 Å². The fraction of sp³-hybridized carbons (Fsp3) is 0.727. The van der Waals surface area contributed by atoms with Crippen molar-refractivity contribution in [3.8, 4) is 0 Å². The Labute approximate surface area is 221 Å². The van der Waals surface area contributed by atoms with Gasteiger partial charge in [-0.05, 0) is 50.0 Å². The van der Waals surface area contributed by atoms with Gasteiger partial charge in [-0.1, -0.05) is 13.8 Å². The van der Waals surface area contributed by atoms with Gasteiger partial charge in [0.25, 0.3) is 0 Å². The highest BCUT2D eigenvalue weighted by Gasteiger charge is 2.30. The number of thioether (sulfide) groups is 1. The molecule has 4 amide bonds. The third kappa shape index (κ3) is 15.6. The molecule has 0 aliphatic rings. The van der Waals surface area contributed by atoms with Crippen LogP contribution in [0.15, 0.2) is 4.99 Å². The lowest BCUT2D eigenvalue weighted by Crippen LogP contribution is -2.57. The van der Waals surface area contributed by atoms with Crippen molar-refractivity contribution in [2.75, 3.05) is 18.6 Å². The minimum absolute atomic E-state index is 0.0114. The SMILES string of the molecule is CSCCC(NC(=O)C(N)CCC(N)=O)C(=O)NC(CC(C)C)C(=O)NC(CCCN=C(N)N)C(=O)O. The first-order valence-electron chi connectivity index (χ1n) is 12.0. The molecule has 0 saturated heterocycles. The van der Waals surface area contributed by atoms with E-state index in [1.165, 1.54) is 11.8 Å². The van der Waals surface area contributed by atoms with Gasteiger partial charge in [0.2, 0.25) is 23.6 Å². The zero-order valence-corrected chi connectivity index (χ0v) is 22.5. The second kappa shape index (κ2) is 18.2. The maximum atomic E-state index is 13.1. The summed E-state index contributed by atoms with van der Waals surface area (Å²) in [5.41, 5.74) is 21.4. The van der Waals surface area contributed by atoms with E-state index >= 15 is 0 Å². The minimum Gasteiger partial charge on any atom is -0.480 e. The Kier molecular flexibility index (Phi) is 16.7. The van der Waals surface area contributed by atoms with Crippen LogP contribution in [0.2, 0.25) is 0 Å². The summed E-state index contributed by atoms with van der Waals surface area (Å²) in [6.07, 6.45) is 2.67. The Morgan fingerprint density at radius 1 is 0.865 bits per heavy atom. The highest BCUT2D eigenvalue weighted by atomic mass is 32.2. The molecule has 0 aliphatic heterocycles. The van der Waals surface area contributed by atoms with Crippen molar-refractivity contribution in [2.45, 2.75) is 76.5 Å². The molecular formula is C22H42N8O6S. The smallest absolute Gasteiger partial charge is 0.326 e. The molecule has 0 spiro atoms. The number of carboxylic acid groups (broad SMARTS) is 1. The Balaban J connectivity index is 5.42. The van der Waals surface area contributed by atoms with Gasteiger partial charge in [0.15, 0.2) is 5.96 Å². The molecule has 0 aliphatic carbocycles. The van der Waals surface area contributed by atoms with E-state index in [1.807, 2.05) is 20.1 Å². The summed E-state index contributed by atoms with van der Waals surface area (Å²) in [4.78, 5) is 64.9. The first-order valence-corrected chi connectivity index (χ1v) is 13.4. The number of amides is 4. The molecule has 12 N–H and O–H groups in total. The van der Waals surface area contributed by atoms with E-state index in [4.69, 9.17) is 22.9 Å². The number of rotatable bonds is 19. The number of primary amides is 1. The highest BCUT2D eigenvalue weighted by Crippen LogP contribution is 2.09. The quantitative estimate of drug-likeness (QED) is 0.0500. The monoisotopic (exact) mass is 546 g/mol. The molecule has 4 atom stereocenters. The maximum Gasteiger partial charge on any atom is 0.326 e. The summed E-state index contributed by atoms with van der Waals surface area (Å²) in [5, 5.41) is 17.2. The fourth-order valence-electron chi connectivity index (χ4n) is 3.22. The van der Waals surface area contributed by atoms with Crippen molar-refractivity contribution in [2.24, 2.45) is 33.8 Å². The van der Waals surface area contributed by atoms with Crippen LogP contribution in [0, 0.1) is 5.92 Å². The van der Waals surface area contributed by atoms with E-state index in [1.54, 1.807) is 0 Å². The molecule has 4 unspecified atom stereocenters. The Bertz CT molecular complexity index is 806. The third-order valence-electron chi connectivity index (χ3n) is 5.18. The maximum absolute atomic E-state index is 13.1. The van der Waals surface area contributed by atoms with E-state index in [0.29, 0.717) is 12.2 Å². The number of aliphatic imine (C=N–C) groups is 1. The van der Waals surface area contributed by atoms with Gasteiger partial charge < -0.3 is 44.0 Å². The topological polar surface area (TPSA) is 258 Å². The van der Waals surface area contributed by atoms with E-state index in [9.17, 15) is 29.1 Å². The average molecular weight is 547 g/mol. The van der Waals surface area contributed by atoms with E-state index < -0.39 is 53.8 Å². The number of carbonyl (C=O) groups excluding carboxylic acids is 4. The van der Waals surface area contributed by atoms with Gasteiger partial charge in [-0.25, -0.2) is 4.79 Å². The molecule has 0 rings (SSSR count). The molecule has 37 heavy (non-hydrogen) atoms. The first kappa shape index (κ1) is 33.9. The van der Waals surface area contributed by atoms with Gasteiger partial charge in [0, 0.05) is 13.0 Å². The molecule has 212 valence electrons. The van der Waals surface area contributed by atoms with Gasteiger partial charge in [-0.15, -0.1) is 0 Å². The highest BCUT2D eigenvalue weighted by molar-refractivity contribution is 7.98. The Morgan fingerprint density at radius 2 is 1.43 bits per heavy atom. The molecule has 0 aromatic rings. The second-order valence-electron chi connectivity index (χ2n) is 8.99. The zero-order valence-electron chi connectivity index (χ0n) is 21.7. The van der Waals surface area contributed by atoms with Crippen LogP contribution in [0.3, 0.4) is 0 Å². The predicted molar refractivity (Wildman–Crippen MR) is 142 cm³/mol. The van der Waals surface area contributed by atoms with Crippen LogP contribution in [0.4, 0.5) is 0 Å². The van der Waals surface area contributed by atoms with E-state index in [0.717, 1.165) is 0 Å². The first-order chi connectivity index (χ1) is 17.3. The van der Waals surface area contributed by atoms with Crippen LogP contribution in [0.25, 0.3) is 0 Å². The van der Waals surface area contributed by atoms with Gasteiger partial charge in [0.1, 0.15) is 18.1 Å². The van der Waals surface area contributed by atoms with Crippen LogP contribution in [0.5, 0.6) is 0 Å². The number of guanidine groups is 1. The number of carboxylic acids is 1. The summed E-state index contributed by atoms with van der Waals surface area (Å²) in [6, 6.07) is -4.27. The van der Waals surface area contributed by atoms with Gasteiger partial charge >= 0.3 is 5.97 Å². The van der Waals surface area contributed by atoms with Crippen molar-refractivity contribution >= 4 is 47.3 Å². The number of carbonyl (C=O) groups is 5. The van der Waals surface area contributed by atoms with Gasteiger partial charge in [-0.3, -0.25) is 24.2 Å². The lowest BCUT2D eigenvalue weighted by molar-refractivity contribution is -0.142. The van der Waals surface area contributed by atoms with Gasteiger partial charge in [-0.2, -0.15) is 11.8 Å². The lowest BCUT2D eigenvalue weighted by atomic mass is 10.0. The standard InChI is InChI=1S/C22H42N8O6S/c1-12(2)11-16(20(34)29-15(21(35)36)5-4-9-27-22(25)26)30-19(33)14(8-10-37-3)28-18(32)13(23)6-7-17(24)31/h12-16H,4-11,23H2,1-3H3,(H2,24,31)(H,28,32)(H,29,34)(H,30,33)(H,35,36)(H4,25,26,27). The zero-order chi connectivity index (χ0) is 28.5. The summed E-state index contributed by atoms with van der Waals surface area (Å²) in [6.45, 7) is 3.90. The van der Waals surface area contributed by atoms with Crippen molar-refractivity contribution in [3.63, 3.8) is 0 Å². The number of aliphatic carboxylic acids is 1. The normalized spacial score (nSPS) is 14.1. The van der Waals surface area contributed by atoms with Gasteiger partial charge in [0.05, 0.1) is 6.04 Å². The average Bonchev–Trinajstić information content (AvgIpc) is 2.80. The Hall–Kier alpha value is -3.07. The number of hydrogen-bond donors (Lipinski definition) is 8. The van der Waals surface area contributed by atoms with Crippen molar-refractivity contribution in [3.05, 3.63) is 0 Å². The number of hydrogen-bond acceptors (Lipinski definition) is 8. The third-order valence-corrected chi connectivity index (χ3v) is 5.83. The van der Waals surface area contributed by atoms with Crippen molar-refractivity contribution in [1.82, 2.24) is 16.0 Å². The molecule has 0 heterocycles. The van der Waals surface area contributed by atoms with E-state index in [2.05, 4.69) is 20.9 Å². The molecule has 0 aromatic carbocycles. The minimum atomic E-state index is -1.23. The molecule has 15 heteroatoms. The summed E-state index contributed by atoms with van der Waals surface area (Å²) >= 11 is 1.46. The molecule has 0 saturated carbocycles. The largest absolute Gasteiger partial charge is 0.480 e. The number of nitrogens with two attached hydrogens (primary N) is 4. The lowest BCUT2D eigenvalue weighted by Gasteiger charge is -2.26. The van der Waals surface area contributed by atoms with Crippen LogP contribution in [-0.2, 0) is 24.0 Å². The van der Waals surface area contributed by atoms with E-state index in [-0.39, 0.29) is 50.5 Å². The van der Waals surface area contributed by atoms with Crippen LogP contribution in [0.1, 0.15) is 52.4 Å². The summed E-state index contributed by atoms with van der Waals surface area (Å²) in [5.74, 6) is -3.32. The molecule has 0 fully saturated rings. The molecule has 0 radical (unpaired) electrons. The molecule has 14 nitrogen and oxygen atoms in total. The number of nitrogens with zero attached hydrogens (tertiary/aromatic N) is 1. The van der Waals surface area contributed by atoms with Crippen LogP contribution < -0.4 is 38.9 Å². The second-order valence-corrected chi connectivity index (χ2v) is 9.98. The van der Waals surface area contributed by atoms with Crippen LogP contribution >= 0.6 is 11.8 Å². The fourth-order valence-corrected chi connectivity index (χ4v) is 3.69. The number of nitrogens with one attached hydrogen (secondary N) is 3. The van der Waals surface area contributed by atoms with Crippen molar-refractivity contribution < 1.29 is 29.1 Å². The summed E-state index contributed by atoms with van der Waals surface area (Å²) < 4.78 is 0. The Morgan fingerprint density at radius 3 is 1.95 bits per heavy atom. The molecule has 0 bridgehead atoms. The summed E-state index contributed by atoms with van der Waals surface area (Å²) in [7, 11) is 0. The predicted octanol–water partition coefficient (Wildman–Crippen LogP) is -2.03. The molecule has 0 aromatic heterocycles. The molecular weight excluding hydrogens is 504 g/mol.